The number of hydrogen-bond acceptors (Lipinski definition) is 7. The predicted molar refractivity (Wildman–Crippen MR) is 102 cm³/mol. The zero-order chi connectivity index (χ0) is 19.0. The Balaban J connectivity index is 1.46. The Morgan fingerprint density at radius 2 is 2.07 bits per heavy atom. The maximum absolute atomic E-state index is 12.3. The summed E-state index contributed by atoms with van der Waals surface area (Å²) < 4.78 is 11.3. The molecule has 1 aromatic heterocycles. The molecule has 3 fully saturated rings. The van der Waals surface area contributed by atoms with Crippen LogP contribution in [-0.4, -0.2) is 53.9 Å². The number of rotatable bonds is 5. The Hall–Kier alpha value is -1.73. The molecule has 0 amide bonds. The van der Waals surface area contributed by atoms with Gasteiger partial charge in [0, 0.05) is 25.3 Å². The molecule has 2 heterocycles. The summed E-state index contributed by atoms with van der Waals surface area (Å²) in [4.78, 5) is 23.4. The van der Waals surface area contributed by atoms with Crippen LogP contribution in [0.5, 0.6) is 0 Å². The van der Waals surface area contributed by atoms with Gasteiger partial charge in [0.2, 0.25) is 0 Å². The largest absolute Gasteiger partial charge is 0.461 e. The maximum atomic E-state index is 12.3. The van der Waals surface area contributed by atoms with Gasteiger partial charge in [-0.3, -0.25) is 0 Å². The van der Waals surface area contributed by atoms with E-state index >= 15 is 0 Å². The summed E-state index contributed by atoms with van der Waals surface area (Å²) in [5.41, 5.74) is 7.82. The molecule has 4 rings (SSSR count). The monoisotopic (exact) mass is 374 g/mol. The maximum Gasteiger partial charge on any atom is 0.360 e. The van der Waals surface area contributed by atoms with E-state index in [2.05, 4.69) is 14.9 Å². The van der Waals surface area contributed by atoms with E-state index < -0.39 is 5.97 Å². The van der Waals surface area contributed by atoms with Gasteiger partial charge in [0.1, 0.15) is 0 Å². The Morgan fingerprint density at radius 3 is 2.74 bits per heavy atom. The molecular formula is C20H30N4O3. The summed E-state index contributed by atoms with van der Waals surface area (Å²) in [6.07, 6.45) is 8.84. The number of carbonyl (C=O) groups is 1. The van der Waals surface area contributed by atoms with Crippen molar-refractivity contribution in [2.45, 2.75) is 70.6 Å². The third-order valence-corrected chi connectivity index (χ3v) is 6.25. The Bertz CT molecular complexity index is 698. The molecule has 0 radical (unpaired) electrons. The normalized spacial score (nSPS) is 27.1. The van der Waals surface area contributed by atoms with E-state index in [1.165, 1.54) is 12.8 Å². The number of aromatic nitrogens is 2. The van der Waals surface area contributed by atoms with Crippen molar-refractivity contribution < 1.29 is 14.3 Å². The molecule has 27 heavy (non-hydrogen) atoms. The van der Waals surface area contributed by atoms with Crippen molar-refractivity contribution in [3.63, 3.8) is 0 Å². The lowest BCUT2D eigenvalue weighted by Crippen LogP contribution is -2.47. The molecule has 2 N–H and O–H groups in total. The molecule has 7 nitrogen and oxygen atoms in total. The van der Waals surface area contributed by atoms with Crippen LogP contribution in [0.25, 0.3) is 0 Å². The lowest BCUT2D eigenvalue weighted by atomic mass is 9.74. The van der Waals surface area contributed by atoms with Gasteiger partial charge in [-0.1, -0.05) is 0 Å². The minimum atomic E-state index is -0.407. The van der Waals surface area contributed by atoms with Gasteiger partial charge in [0.05, 0.1) is 24.5 Å². The number of piperidine rings is 1. The number of nitrogens with zero attached hydrogens (tertiary/aromatic N) is 3. The van der Waals surface area contributed by atoms with Gasteiger partial charge >= 0.3 is 5.97 Å². The average molecular weight is 374 g/mol. The number of aryl methyl sites for hydroxylation is 1. The Labute approximate surface area is 160 Å². The number of hydrogen-bond donors (Lipinski definition) is 1. The first kappa shape index (κ1) is 18.6. The third kappa shape index (κ3) is 3.80. The zero-order valence-corrected chi connectivity index (χ0v) is 16.3. The van der Waals surface area contributed by atoms with Crippen molar-refractivity contribution >= 4 is 11.8 Å². The highest BCUT2D eigenvalue weighted by Crippen LogP contribution is 2.48. The van der Waals surface area contributed by atoms with Crippen molar-refractivity contribution in [3.8, 4) is 0 Å². The number of nitrogens with two attached hydrogens (primary N) is 1. The summed E-state index contributed by atoms with van der Waals surface area (Å²) >= 11 is 0. The van der Waals surface area contributed by atoms with E-state index in [4.69, 9.17) is 15.2 Å². The molecule has 0 unspecified atom stereocenters. The predicted octanol–water partition coefficient (Wildman–Crippen LogP) is 2.22. The third-order valence-electron chi connectivity index (χ3n) is 6.25. The minimum absolute atomic E-state index is 0.150. The van der Waals surface area contributed by atoms with Gasteiger partial charge < -0.3 is 20.1 Å². The van der Waals surface area contributed by atoms with Gasteiger partial charge in [-0.2, -0.15) is 0 Å². The molecule has 2 saturated carbocycles. The van der Waals surface area contributed by atoms with Crippen molar-refractivity contribution in [2.24, 2.45) is 11.1 Å². The molecule has 0 aromatic carbocycles. The van der Waals surface area contributed by atoms with E-state index in [1.54, 1.807) is 13.1 Å². The van der Waals surface area contributed by atoms with Gasteiger partial charge in [-0.25, -0.2) is 14.8 Å². The van der Waals surface area contributed by atoms with Crippen LogP contribution in [0.2, 0.25) is 0 Å². The number of esters is 1. The molecule has 148 valence electrons. The zero-order valence-electron chi connectivity index (χ0n) is 16.3. The van der Waals surface area contributed by atoms with Crippen molar-refractivity contribution in [1.82, 2.24) is 9.97 Å². The fourth-order valence-electron chi connectivity index (χ4n) is 4.57. The topological polar surface area (TPSA) is 90.6 Å². The molecule has 0 bridgehead atoms. The number of ether oxygens (including phenoxy) is 2. The van der Waals surface area contributed by atoms with Crippen LogP contribution in [0.4, 0.5) is 5.82 Å². The molecular weight excluding hydrogens is 344 g/mol. The Kier molecular flexibility index (Phi) is 5.07. The van der Waals surface area contributed by atoms with Crippen LogP contribution in [0.1, 0.15) is 61.6 Å². The molecule has 1 aromatic rings. The van der Waals surface area contributed by atoms with Crippen LogP contribution in [0.3, 0.4) is 0 Å². The highest BCUT2D eigenvalue weighted by atomic mass is 16.5. The highest BCUT2D eigenvalue weighted by Gasteiger charge is 2.48. The van der Waals surface area contributed by atoms with E-state index in [0.717, 1.165) is 44.5 Å². The molecule has 1 spiro atoms. The van der Waals surface area contributed by atoms with E-state index in [9.17, 15) is 4.79 Å². The fraction of sp³-hybridized carbons (Fsp3) is 0.750. The standard InChI is InChI=1S/C20H30N4O3/c1-3-26-19(25)17-18(23-13(2)12-22-17)24-8-6-20(7-9-24)11-15(10-16(20)21)27-14-4-5-14/h12,14-16H,3-11,21H2,1-2H3/t15-,16+/m0/s1. The van der Waals surface area contributed by atoms with Crippen LogP contribution in [0, 0.1) is 12.3 Å². The molecule has 1 saturated heterocycles. The van der Waals surface area contributed by atoms with E-state index in [0.29, 0.717) is 30.3 Å². The molecule has 2 atom stereocenters. The number of carbonyl (C=O) groups excluding carboxylic acids is 1. The van der Waals surface area contributed by atoms with E-state index in [-0.39, 0.29) is 11.5 Å². The van der Waals surface area contributed by atoms with Gasteiger partial charge in [-0.05, 0) is 57.8 Å². The van der Waals surface area contributed by atoms with Crippen molar-refractivity contribution in [2.75, 3.05) is 24.6 Å². The first-order chi connectivity index (χ1) is 13.0. The lowest BCUT2D eigenvalue weighted by molar-refractivity contribution is 0.0335. The fourth-order valence-corrected chi connectivity index (χ4v) is 4.57. The first-order valence-corrected chi connectivity index (χ1v) is 10.2. The van der Waals surface area contributed by atoms with Crippen LogP contribution in [0.15, 0.2) is 6.20 Å². The van der Waals surface area contributed by atoms with Crippen LogP contribution >= 0.6 is 0 Å². The Morgan fingerprint density at radius 1 is 1.33 bits per heavy atom. The summed E-state index contributed by atoms with van der Waals surface area (Å²) in [5.74, 6) is 0.233. The summed E-state index contributed by atoms with van der Waals surface area (Å²) in [7, 11) is 0. The number of anilines is 1. The SMILES string of the molecule is CCOC(=O)c1ncc(C)nc1N1CCC2(CC1)C[C@@H](OC1CC1)C[C@H]2N. The quantitative estimate of drug-likeness (QED) is 0.790. The highest BCUT2D eigenvalue weighted by molar-refractivity contribution is 5.92. The van der Waals surface area contributed by atoms with Crippen molar-refractivity contribution in [3.05, 3.63) is 17.6 Å². The minimum Gasteiger partial charge on any atom is -0.461 e. The van der Waals surface area contributed by atoms with E-state index in [1.807, 2.05) is 6.92 Å². The molecule has 1 aliphatic heterocycles. The summed E-state index contributed by atoms with van der Waals surface area (Å²) in [6, 6.07) is 0.191. The lowest BCUT2D eigenvalue weighted by Gasteiger charge is -2.42. The molecule has 7 heteroatoms. The molecule has 3 aliphatic rings. The van der Waals surface area contributed by atoms with Crippen LogP contribution in [-0.2, 0) is 9.47 Å². The summed E-state index contributed by atoms with van der Waals surface area (Å²) in [6.45, 7) is 5.67. The smallest absolute Gasteiger partial charge is 0.360 e. The van der Waals surface area contributed by atoms with Crippen LogP contribution < -0.4 is 10.6 Å². The van der Waals surface area contributed by atoms with Gasteiger partial charge in [0.25, 0.3) is 0 Å². The first-order valence-electron chi connectivity index (χ1n) is 10.2. The molecule has 2 aliphatic carbocycles. The summed E-state index contributed by atoms with van der Waals surface area (Å²) in [5, 5.41) is 0. The van der Waals surface area contributed by atoms with Gasteiger partial charge in [0.15, 0.2) is 11.5 Å². The average Bonchev–Trinajstić information content (AvgIpc) is 3.41. The second-order valence-electron chi connectivity index (χ2n) is 8.26. The second-order valence-corrected chi connectivity index (χ2v) is 8.26. The van der Waals surface area contributed by atoms with Crippen molar-refractivity contribution in [1.29, 1.82) is 0 Å². The second kappa shape index (κ2) is 7.36. The van der Waals surface area contributed by atoms with Gasteiger partial charge in [-0.15, -0.1) is 0 Å².